The van der Waals surface area contributed by atoms with E-state index in [9.17, 15) is 14.4 Å². The highest BCUT2D eigenvalue weighted by Crippen LogP contribution is 2.35. The monoisotopic (exact) mass is 532 g/mol. The van der Waals surface area contributed by atoms with Crippen LogP contribution in [0.15, 0.2) is 42.6 Å². The van der Waals surface area contributed by atoms with Crippen LogP contribution in [0.4, 0.5) is 22.1 Å². The molecule has 1 aromatic heterocycles. The molecule has 3 amide bonds. The number of aromatic nitrogens is 2. The Morgan fingerprint density at radius 3 is 2.41 bits per heavy atom. The summed E-state index contributed by atoms with van der Waals surface area (Å²) in [4.78, 5) is 50.0. The van der Waals surface area contributed by atoms with E-state index in [1.165, 1.54) is 7.11 Å². The second-order valence-corrected chi connectivity index (χ2v) is 9.00. The molecule has 12 heteroatoms. The minimum absolute atomic E-state index is 0.0966. The van der Waals surface area contributed by atoms with Gasteiger partial charge in [-0.2, -0.15) is 0 Å². The van der Waals surface area contributed by atoms with Gasteiger partial charge in [-0.3, -0.25) is 9.59 Å². The van der Waals surface area contributed by atoms with E-state index in [1.54, 1.807) is 60.5 Å². The lowest BCUT2D eigenvalue weighted by atomic mass is 10.0. The fraction of sp³-hybridized carbons (Fsp3) is 0.296. The molecule has 202 valence electrons. The van der Waals surface area contributed by atoms with Gasteiger partial charge in [-0.1, -0.05) is 0 Å². The number of piperazine rings is 1. The molecular weight excluding hydrogens is 504 g/mol. The van der Waals surface area contributed by atoms with Crippen LogP contribution in [0.25, 0.3) is 11.3 Å². The summed E-state index contributed by atoms with van der Waals surface area (Å²) in [5.41, 5.74) is 3.56. The van der Waals surface area contributed by atoms with Gasteiger partial charge in [0.05, 0.1) is 39.1 Å². The van der Waals surface area contributed by atoms with Gasteiger partial charge in [-0.25, -0.2) is 14.8 Å². The van der Waals surface area contributed by atoms with E-state index in [2.05, 4.69) is 15.6 Å². The highest BCUT2D eigenvalue weighted by Gasteiger charge is 2.27. The van der Waals surface area contributed by atoms with Gasteiger partial charge in [0.2, 0.25) is 11.9 Å². The van der Waals surface area contributed by atoms with Crippen LogP contribution in [0.3, 0.4) is 0 Å². The SMILES string of the molecule is COC(=O)N1CCN(C(=O)c2ccc3c(c2)NC(=O)Cc2cnc(Nc4ccc(OC)c(OC)c4)nc2-3)CC1. The topological polar surface area (TPSA) is 135 Å². The first-order valence-corrected chi connectivity index (χ1v) is 12.3. The van der Waals surface area contributed by atoms with Gasteiger partial charge < -0.3 is 34.6 Å². The molecule has 0 radical (unpaired) electrons. The molecule has 1 fully saturated rings. The van der Waals surface area contributed by atoms with Crippen molar-refractivity contribution in [3.8, 4) is 22.8 Å². The van der Waals surface area contributed by atoms with E-state index in [0.29, 0.717) is 77.4 Å². The third-order valence-corrected chi connectivity index (χ3v) is 6.65. The number of nitrogens with zero attached hydrogens (tertiary/aromatic N) is 4. The van der Waals surface area contributed by atoms with Crippen molar-refractivity contribution in [1.29, 1.82) is 0 Å². The zero-order chi connectivity index (χ0) is 27.5. The van der Waals surface area contributed by atoms with Gasteiger partial charge >= 0.3 is 6.09 Å². The zero-order valence-corrected chi connectivity index (χ0v) is 21.8. The van der Waals surface area contributed by atoms with Crippen LogP contribution in [0, 0.1) is 0 Å². The summed E-state index contributed by atoms with van der Waals surface area (Å²) in [6.07, 6.45) is 1.31. The maximum atomic E-state index is 13.2. The molecule has 0 saturated carbocycles. The molecule has 3 aromatic rings. The lowest BCUT2D eigenvalue weighted by Crippen LogP contribution is -2.50. The second kappa shape index (κ2) is 10.9. The number of fused-ring (bicyclic) bond motifs is 3. The quantitative estimate of drug-likeness (QED) is 0.508. The number of carbonyl (C=O) groups is 3. The van der Waals surface area contributed by atoms with E-state index < -0.39 is 6.09 Å². The number of nitrogens with one attached hydrogen (secondary N) is 2. The maximum absolute atomic E-state index is 13.2. The van der Waals surface area contributed by atoms with Gasteiger partial charge in [0.15, 0.2) is 11.5 Å². The number of anilines is 3. The first-order chi connectivity index (χ1) is 18.9. The Morgan fingerprint density at radius 2 is 1.69 bits per heavy atom. The average Bonchev–Trinajstić information content (AvgIpc) is 3.10. The molecule has 0 bridgehead atoms. The van der Waals surface area contributed by atoms with Gasteiger partial charge in [-0.15, -0.1) is 0 Å². The van der Waals surface area contributed by atoms with E-state index in [1.807, 2.05) is 6.07 Å². The summed E-state index contributed by atoms with van der Waals surface area (Å²) < 4.78 is 15.4. The lowest BCUT2D eigenvalue weighted by molar-refractivity contribution is -0.115. The molecule has 0 unspecified atom stereocenters. The number of hydrogen-bond donors (Lipinski definition) is 2. The summed E-state index contributed by atoms with van der Waals surface area (Å²) >= 11 is 0. The Bertz CT molecular complexity index is 1440. The number of methoxy groups -OCH3 is 3. The lowest BCUT2D eigenvalue weighted by Gasteiger charge is -2.34. The molecule has 0 spiro atoms. The molecule has 2 aromatic carbocycles. The fourth-order valence-electron chi connectivity index (χ4n) is 4.63. The molecular formula is C27H28N6O6. The normalized spacial score (nSPS) is 14.4. The van der Waals surface area contributed by atoms with Crippen molar-refractivity contribution >= 4 is 35.2 Å². The molecule has 2 N–H and O–H groups in total. The molecule has 3 heterocycles. The van der Waals surface area contributed by atoms with Crippen molar-refractivity contribution in [1.82, 2.24) is 19.8 Å². The van der Waals surface area contributed by atoms with E-state index in [4.69, 9.17) is 19.2 Å². The molecule has 0 atom stereocenters. The number of benzene rings is 2. The largest absolute Gasteiger partial charge is 0.493 e. The number of ether oxygens (including phenoxy) is 3. The van der Waals surface area contributed by atoms with Crippen molar-refractivity contribution in [3.63, 3.8) is 0 Å². The van der Waals surface area contributed by atoms with Crippen LogP contribution in [0.5, 0.6) is 11.5 Å². The summed E-state index contributed by atoms with van der Waals surface area (Å²) in [5.74, 6) is 1.08. The van der Waals surface area contributed by atoms with Crippen LogP contribution in [-0.4, -0.2) is 85.2 Å². The van der Waals surface area contributed by atoms with Gasteiger partial charge in [0.1, 0.15) is 0 Å². The number of carbonyl (C=O) groups excluding carboxylic acids is 3. The van der Waals surface area contributed by atoms with Crippen LogP contribution in [-0.2, 0) is 16.0 Å². The second-order valence-electron chi connectivity index (χ2n) is 9.00. The Labute approximate surface area is 224 Å². The smallest absolute Gasteiger partial charge is 0.409 e. The van der Waals surface area contributed by atoms with Crippen LogP contribution in [0.1, 0.15) is 15.9 Å². The Morgan fingerprint density at radius 1 is 0.949 bits per heavy atom. The minimum Gasteiger partial charge on any atom is -0.493 e. The first kappa shape index (κ1) is 25.8. The van der Waals surface area contributed by atoms with Crippen LogP contribution >= 0.6 is 0 Å². The highest BCUT2D eigenvalue weighted by atomic mass is 16.5. The number of rotatable bonds is 5. The Kier molecular flexibility index (Phi) is 7.17. The van der Waals surface area contributed by atoms with Gasteiger partial charge in [0, 0.05) is 60.8 Å². The van der Waals surface area contributed by atoms with Gasteiger partial charge in [0.25, 0.3) is 5.91 Å². The van der Waals surface area contributed by atoms with E-state index >= 15 is 0 Å². The average molecular weight is 533 g/mol. The minimum atomic E-state index is -0.407. The molecule has 2 aliphatic heterocycles. The summed E-state index contributed by atoms with van der Waals surface area (Å²) in [5, 5.41) is 6.07. The van der Waals surface area contributed by atoms with E-state index in [-0.39, 0.29) is 18.2 Å². The third kappa shape index (κ3) is 5.26. The molecule has 0 aliphatic carbocycles. The van der Waals surface area contributed by atoms with Crippen molar-refractivity contribution in [2.24, 2.45) is 0 Å². The summed E-state index contributed by atoms with van der Waals surface area (Å²) in [6, 6.07) is 10.5. The van der Waals surface area contributed by atoms with Crippen LogP contribution in [0.2, 0.25) is 0 Å². The van der Waals surface area contributed by atoms with Crippen molar-refractivity contribution < 1.29 is 28.6 Å². The first-order valence-electron chi connectivity index (χ1n) is 12.3. The molecule has 12 nitrogen and oxygen atoms in total. The van der Waals surface area contributed by atoms with Crippen molar-refractivity contribution in [2.45, 2.75) is 6.42 Å². The Balaban J connectivity index is 1.40. The summed E-state index contributed by atoms with van der Waals surface area (Å²) in [7, 11) is 4.46. The maximum Gasteiger partial charge on any atom is 0.409 e. The summed E-state index contributed by atoms with van der Waals surface area (Å²) in [6.45, 7) is 1.55. The van der Waals surface area contributed by atoms with Crippen molar-refractivity contribution in [3.05, 3.63) is 53.7 Å². The predicted molar refractivity (Wildman–Crippen MR) is 143 cm³/mol. The Hall–Kier alpha value is -4.87. The molecule has 5 rings (SSSR count). The highest BCUT2D eigenvalue weighted by molar-refractivity contribution is 6.03. The molecule has 2 aliphatic rings. The van der Waals surface area contributed by atoms with Gasteiger partial charge in [-0.05, 0) is 30.3 Å². The van der Waals surface area contributed by atoms with E-state index in [0.717, 1.165) is 0 Å². The third-order valence-electron chi connectivity index (χ3n) is 6.65. The molecule has 39 heavy (non-hydrogen) atoms. The predicted octanol–water partition coefficient (Wildman–Crippen LogP) is 2.92. The fourth-order valence-corrected chi connectivity index (χ4v) is 4.63. The van der Waals surface area contributed by atoms with Crippen molar-refractivity contribution in [2.75, 3.05) is 58.1 Å². The van der Waals surface area contributed by atoms with Crippen LogP contribution < -0.4 is 20.1 Å². The standard InChI is InChI=1S/C27H28N6O6/c1-37-21-7-5-18(14-22(21)38-2)29-26-28-15-17-13-23(34)30-20-12-16(4-6-19(20)24(17)31-26)25(35)32-8-10-33(11-9-32)27(36)39-3/h4-7,12,14-15H,8-11,13H2,1-3H3,(H,30,34)(H,28,29,31). The zero-order valence-electron chi connectivity index (χ0n) is 21.8. The number of amides is 3. The molecule has 1 saturated heterocycles. The number of hydrogen-bond acceptors (Lipinski definition) is 9.